The maximum atomic E-state index is 13.2. The second-order valence-electron chi connectivity index (χ2n) is 8.35. The topological polar surface area (TPSA) is 71.0 Å². The van der Waals surface area contributed by atoms with Crippen molar-refractivity contribution >= 4 is 5.91 Å². The molecule has 2 saturated heterocycles. The number of carbonyl (C=O) groups is 1. The Balaban J connectivity index is 1.43. The summed E-state index contributed by atoms with van der Waals surface area (Å²) < 4.78 is 11.4. The highest BCUT2D eigenvalue weighted by Gasteiger charge is 2.51. The molecule has 0 saturated carbocycles. The van der Waals surface area contributed by atoms with E-state index in [1.54, 1.807) is 12.1 Å². The lowest BCUT2D eigenvalue weighted by Gasteiger charge is -2.27. The van der Waals surface area contributed by atoms with Gasteiger partial charge in [0.15, 0.2) is 11.5 Å². The van der Waals surface area contributed by atoms with Crippen LogP contribution in [0.5, 0.6) is 11.5 Å². The highest BCUT2D eigenvalue weighted by atomic mass is 16.5. The van der Waals surface area contributed by atoms with Gasteiger partial charge in [0, 0.05) is 30.0 Å². The van der Waals surface area contributed by atoms with Crippen molar-refractivity contribution in [3.63, 3.8) is 0 Å². The Bertz CT molecular complexity index is 903. The summed E-state index contributed by atoms with van der Waals surface area (Å²) in [6.45, 7) is 2.27. The Hall–Kier alpha value is -2.57. The van der Waals surface area contributed by atoms with Gasteiger partial charge in [0.05, 0.1) is 25.9 Å². The lowest BCUT2D eigenvalue weighted by atomic mass is 9.85. The first-order valence-corrected chi connectivity index (χ1v) is 10.9. The highest BCUT2D eigenvalue weighted by molar-refractivity contribution is 5.95. The molecule has 3 aliphatic heterocycles. The van der Waals surface area contributed by atoms with Crippen LogP contribution in [-0.4, -0.2) is 60.4 Å². The van der Waals surface area contributed by atoms with Gasteiger partial charge in [0.1, 0.15) is 0 Å². The van der Waals surface area contributed by atoms with Gasteiger partial charge in [-0.2, -0.15) is 0 Å². The Kier molecular flexibility index (Phi) is 5.35. The SMILES string of the molecule is O=C(N[C@@H]1[C@@H](c2ccccc2)[C@@H](CO)N2CCC[C@H]12)c1ccc2c(c1)OCCCO2. The molecule has 5 rings (SSSR count). The second kappa shape index (κ2) is 8.28. The van der Waals surface area contributed by atoms with E-state index in [4.69, 9.17) is 9.47 Å². The van der Waals surface area contributed by atoms with Gasteiger partial charge < -0.3 is 19.9 Å². The van der Waals surface area contributed by atoms with Crippen LogP contribution >= 0.6 is 0 Å². The van der Waals surface area contributed by atoms with E-state index in [0.717, 1.165) is 31.4 Å². The number of hydrogen-bond donors (Lipinski definition) is 2. The molecule has 0 aromatic heterocycles. The fourth-order valence-electron chi connectivity index (χ4n) is 5.35. The van der Waals surface area contributed by atoms with Crippen molar-refractivity contribution in [1.29, 1.82) is 0 Å². The predicted molar refractivity (Wildman–Crippen MR) is 113 cm³/mol. The zero-order chi connectivity index (χ0) is 20.5. The lowest BCUT2D eigenvalue weighted by Crippen LogP contribution is -2.44. The molecule has 0 aliphatic carbocycles. The van der Waals surface area contributed by atoms with Gasteiger partial charge >= 0.3 is 0 Å². The Morgan fingerprint density at radius 1 is 1.07 bits per heavy atom. The normalized spacial score (nSPS) is 28.0. The van der Waals surface area contributed by atoms with Crippen LogP contribution in [0.25, 0.3) is 0 Å². The molecule has 2 aromatic carbocycles. The molecule has 3 aliphatic rings. The number of ether oxygens (including phenoxy) is 2. The molecule has 0 unspecified atom stereocenters. The number of nitrogens with one attached hydrogen (secondary N) is 1. The standard InChI is InChI=1S/C24H28N2O4/c27-15-19-22(16-6-2-1-3-7-16)23(18-8-4-11-26(18)19)25-24(28)17-9-10-20-21(14-17)30-13-5-12-29-20/h1-3,6-7,9-10,14,18-19,22-23,27H,4-5,8,11-13,15H2,(H,25,28)/t18-,19-,22+,23+/m1/s1. The Labute approximate surface area is 176 Å². The molecule has 2 N–H and O–H groups in total. The molecule has 4 atom stereocenters. The molecule has 158 valence electrons. The minimum absolute atomic E-state index is 0.0222. The van der Waals surface area contributed by atoms with Gasteiger partial charge in [-0.25, -0.2) is 0 Å². The quantitative estimate of drug-likeness (QED) is 0.814. The van der Waals surface area contributed by atoms with E-state index in [9.17, 15) is 9.90 Å². The summed E-state index contributed by atoms with van der Waals surface area (Å²) >= 11 is 0. The number of rotatable bonds is 4. The number of hydrogen-bond acceptors (Lipinski definition) is 5. The molecule has 0 radical (unpaired) electrons. The van der Waals surface area contributed by atoms with E-state index in [-0.39, 0.29) is 36.6 Å². The molecular weight excluding hydrogens is 380 g/mol. The summed E-state index contributed by atoms with van der Waals surface area (Å²) in [5.74, 6) is 1.27. The zero-order valence-corrected chi connectivity index (χ0v) is 17.0. The van der Waals surface area contributed by atoms with Crippen molar-refractivity contribution in [1.82, 2.24) is 10.2 Å². The van der Waals surface area contributed by atoms with Crippen LogP contribution in [0, 0.1) is 0 Å². The van der Waals surface area contributed by atoms with Crippen LogP contribution in [0.2, 0.25) is 0 Å². The van der Waals surface area contributed by atoms with Crippen LogP contribution in [0.1, 0.15) is 41.1 Å². The van der Waals surface area contributed by atoms with Crippen LogP contribution in [0.15, 0.2) is 48.5 Å². The minimum atomic E-state index is -0.109. The number of nitrogens with zero attached hydrogens (tertiary/aromatic N) is 1. The second-order valence-corrected chi connectivity index (χ2v) is 8.35. The average Bonchev–Trinajstić information content (AvgIpc) is 3.27. The number of amides is 1. The van der Waals surface area contributed by atoms with Crippen molar-refractivity contribution in [2.45, 2.75) is 43.3 Å². The number of carbonyl (C=O) groups excluding carboxylic acids is 1. The van der Waals surface area contributed by atoms with Crippen molar-refractivity contribution in [2.24, 2.45) is 0 Å². The molecular formula is C24H28N2O4. The molecule has 30 heavy (non-hydrogen) atoms. The first kappa shape index (κ1) is 19.4. The summed E-state index contributed by atoms with van der Waals surface area (Å²) in [4.78, 5) is 15.6. The summed E-state index contributed by atoms with van der Waals surface area (Å²) in [7, 11) is 0. The van der Waals surface area contributed by atoms with Gasteiger partial charge in [-0.05, 0) is 43.1 Å². The van der Waals surface area contributed by atoms with Gasteiger partial charge in [0.2, 0.25) is 0 Å². The average molecular weight is 408 g/mol. The molecule has 2 aromatic rings. The number of aliphatic hydroxyl groups excluding tert-OH is 1. The van der Waals surface area contributed by atoms with E-state index in [2.05, 4.69) is 22.3 Å². The van der Waals surface area contributed by atoms with Gasteiger partial charge in [0.25, 0.3) is 5.91 Å². The van der Waals surface area contributed by atoms with Crippen LogP contribution in [0.3, 0.4) is 0 Å². The molecule has 6 nitrogen and oxygen atoms in total. The van der Waals surface area contributed by atoms with Crippen molar-refractivity contribution < 1.29 is 19.4 Å². The number of aliphatic hydroxyl groups is 1. The Morgan fingerprint density at radius 2 is 1.87 bits per heavy atom. The minimum Gasteiger partial charge on any atom is -0.490 e. The van der Waals surface area contributed by atoms with E-state index >= 15 is 0 Å². The molecule has 6 heteroatoms. The third-order valence-corrected chi connectivity index (χ3v) is 6.66. The van der Waals surface area contributed by atoms with Crippen LogP contribution in [-0.2, 0) is 0 Å². The zero-order valence-electron chi connectivity index (χ0n) is 17.0. The maximum absolute atomic E-state index is 13.2. The van der Waals surface area contributed by atoms with Crippen molar-refractivity contribution in [3.8, 4) is 11.5 Å². The molecule has 0 bridgehead atoms. The third-order valence-electron chi connectivity index (χ3n) is 6.66. The summed E-state index contributed by atoms with van der Waals surface area (Å²) in [5, 5.41) is 13.5. The third kappa shape index (κ3) is 3.44. The smallest absolute Gasteiger partial charge is 0.251 e. The summed E-state index contributed by atoms with van der Waals surface area (Å²) in [6, 6.07) is 15.9. The van der Waals surface area contributed by atoms with Gasteiger partial charge in [-0.1, -0.05) is 30.3 Å². The van der Waals surface area contributed by atoms with Crippen LogP contribution < -0.4 is 14.8 Å². The molecule has 1 amide bonds. The monoisotopic (exact) mass is 408 g/mol. The molecule has 2 fully saturated rings. The van der Waals surface area contributed by atoms with Crippen LogP contribution in [0.4, 0.5) is 0 Å². The fraction of sp³-hybridized carbons (Fsp3) is 0.458. The summed E-state index contributed by atoms with van der Waals surface area (Å²) in [6.07, 6.45) is 2.96. The van der Waals surface area contributed by atoms with E-state index < -0.39 is 0 Å². The van der Waals surface area contributed by atoms with Crippen molar-refractivity contribution in [2.75, 3.05) is 26.4 Å². The van der Waals surface area contributed by atoms with Gasteiger partial charge in [-0.15, -0.1) is 0 Å². The lowest BCUT2D eigenvalue weighted by molar-refractivity contribution is 0.0926. The summed E-state index contributed by atoms with van der Waals surface area (Å²) in [5.41, 5.74) is 1.73. The molecule has 3 heterocycles. The largest absolute Gasteiger partial charge is 0.490 e. The molecule has 0 spiro atoms. The van der Waals surface area contributed by atoms with E-state index in [0.29, 0.717) is 30.3 Å². The van der Waals surface area contributed by atoms with E-state index in [1.807, 2.05) is 24.3 Å². The Morgan fingerprint density at radius 3 is 2.67 bits per heavy atom. The fourth-order valence-corrected chi connectivity index (χ4v) is 5.35. The maximum Gasteiger partial charge on any atom is 0.251 e. The first-order valence-electron chi connectivity index (χ1n) is 10.9. The predicted octanol–water partition coefficient (Wildman–Crippen LogP) is 2.57. The number of fused-ring (bicyclic) bond motifs is 2. The first-order chi connectivity index (χ1) is 14.8. The highest BCUT2D eigenvalue weighted by Crippen LogP contribution is 2.42. The van der Waals surface area contributed by atoms with Crippen molar-refractivity contribution in [3.05, 3.63) is 59.7 Å². The number of benzene rings is 2. The van der Waals surface area contributed by atoms with Gasteiger partial charge in [-0.3, -0.25) is 9.69 Å². The van der Waals surface area contributed by atoms with E-state index in [1.165, 1.54) is 0 Å².